The molecule has 0 amide bonds. The number of carbonyl (C=O) groups is 1. The summed E-state index contributed by atoms with van der Waals surface area (Å²) in [6.07, 6.45) is 3.52. The van der Waals surface area contributed by atoms with Crippen molar-refractivity contribution in [1.82, 2.24) is 14.2 Å². The second kappa shape index (κ2) is 2.10. The van der Waals surface area contributed by atoms with Gasteiger partial charge in [-0.3, -0.25) is 0 Å². The first-order valence-electron chi connectivity index (χ1n) is 3.42. The Labute approximate surface area is 67.8 Å². The molecule has 0 saturated heterocycles. The van der Waals surface area contributed by atoms with Crippen molar-refractivity contribution in [2.45, 2.75) is 0 Å². The lowest BCUT2D eigenvalue weighted by atomic mass is 10.4. The molecule has 0 fully saturated rings. The van der Waals surface area contributed by atoms with Crippen molar-refractivity contribution in [2.24, 2.45) is 7.05 Å². The number of fused-ring (bicyclic) bond motifs is 1. The molecule has 5 nitrogen and oxygen atoms in total. The summed E-state index contributed by atoms with van der Waals surface area (Å²) in [6.45, 7) is 0. The quantitative estimate of drug-likeness (QED) is 0.664. The number of aromatic nitrogens is 3. The van der Waals surface area contributed by atoms with E-state index in [9.17, 15) is 4.79 Å². The van der Waals surface area contributed by atoms with Gasteiger partial charge in [-0.25, -0.2) is 9.31 Å². The van der Waals surface area contributed by atoms with Crippen LogP contribution in [0.15, 0.2) is 18.5 Å². The number of imidazole rings is 1. The van der Waals surface area contributed by atoms with E-state index in [2.05, 4.69) is 5.10 Å². The first-order chi connectivity index (χ1) is 5.68. The SMILES string of the molecule is Cn1ccn2nc(C(=O)O)cc12. The average molecular weight is 165 g/mol. The van der Waals surface area contributed by atoms with Crippen LogP contribution in [0.2, 0.25) is 0 Å². The third-order valence-corrected chi connectivity index (χ3v) is 1.73. The molecule has 0 aromatic carbocycles. The Morgan fingerprint density at radius 3 is 2.92 bits per heavy atom. The van der Waals surface area contributed by atoms with E-state index in [1.165, 1.54) is 10.6 Å². The van der Waals surface area contributed by atoms with Gasteiger partial charge in [-0.15, -0.1) is 0 Å². The summed E-state index contributed by atoms with van der Waals surface area (Å²) < 4.78 is 3.34. The average Bonchev–Trinajstić information content (AvgIpc) is 2.53. The first-order valence-corrected chi connectivity index (χ1v) is 3.42. The topological polar surface area (TPSA) is 59.5 Å². The van der Waals surface area contributed by atoms with E-state index in [1.54, 1.807) is 10.8 Å². The van der Waals surface area contributed by atoms with Gasteiger partial charge in [0.25, 0.3) is 0 Å². The van der Waals surface area contributed by atoms with Crippen LogP contribution in [-0.2, 0) is 7.05 Å². The highest BCUT2D eigenvalue weighted by Gasteiger charge is 2.09. The smallest absolute Gasteiger partial charge is 0.356 e. The summed E-state index contributed by atoms with van der Waals surface area (Å²) in [4.78, 5) is 10.5. The fourth-order valence-corrected chi connectivity index (χ4v) is 1.10. The zero-order valence-electron chi connectivity index (χ0n) is 6.43. The summed E-state index contributed by atoms with van der Waals surface area (Å²) in [5, 5.41) is 12.4. The molecule has 0 aliphatic rings. The predicted molar refractivity (Wildman–Crippen MR) is 41.1 cm³/mol. The number of carboxylic acids is 1. The molecule has 0 aliphatic carbocycles. The van der Waals surface area contributed by atoms with Crippen molar-refractivity contribution in [1.29, 1.82) is 0 Å². The fraction of sp³-hybridized carbons (Fsp3) is 0.143. The number of hydrogen-bond acceptors (Lipinski definition) is 2. The molecule has 0 unspecified atom stereocenters. The Bertz CT molecular complexity index is 440. The molecule has 0 radical (unpaired) electrons. The molecule has 2 heterocycles. The Balaban J connectivity index is 2.70. The maximum atomic E-state index is 10.5. The normalized spacial score (nSPS) is 10.8. The second-order valence-electron chi connectivity index (χ2n) is 2.55. The van der Waals surface area contributed by atoms with Crippen LogP contribution in [0.3, 0.4) is 0 Å². The van der Waals surface area contributed by atoms with Crippen molar-refractivity contribution in [3.8, 4) is 0 Å². The van der Waals surface area contributed by atoms with Gasteiger partial charge in [0.1, 0.15) is 5.65 Å². The third kappa shape index (κ3) is 0.795. The summed E-state index contributed by atoms with van der Waals surface area (Å²) >= 11 is 0. The van der Waals surface area contributed by atoms with Crippen LogP contribution in [0.1, 0.15) is 10.5 Å². The van der Waals surface area contributed by atoms with Crippen LogP contribution in [-0.4, -0.2) is 25.3 Å². The highest BCUT2D eigenvalue weighted by atomic mass is 16.4. The van der Waals surface area contributed by atoms with Crippen LogP contribution < -0.4 is 0 Å². The minimum Gasteiger partial charge on any atom is -0.476 e. The highest BCUT2D eigenvalue weighted by Crippen LogP contribution is 2.05. The van der Waals surface area contributed by atoms with Crippen molar-refractivity contribution >= 4 is 11.6 Å². The molecule has 12 heavy (non-hydrogen) atoms. The lowest BCUT2D eigenvalue weighted by Gasteiger charge is -1.85. The van der Waals surface area contributed by atoms with Crippen molar-refractivity contribution in [3.05, 3.63) is 24.2 Å². The van der Waals surface area contributed by atoms with Crippen LogP contribution in [0.5, 0.6) is 0 Å². The van der Waals surface area contributed by atoms with E-state index in [4.69, 9.17) is 5.11 Å². The Kier molecular flexibility index (Phi) is 1.21. The molecule has 2 rings (SSSR count). The molecule has 5 heteroatoms. The predicted octanol–water partition coefficient (Wildman–Crippen LogP) is 0.371. The minimum atomic E-state index is -1.00. The number of aromatic carboxylic acids is 1. The minimum absolute atomic E-state index is 0.0706. The number of aryl methyl sites for hydroxylation is 1. The van der Waals surface area contributed by atoms with Gasteiger partial charge >= 0.3 is 5.97 Å². The lowest BCUT2D eigenvalue weighted by molar-refractivity contribution is 0.0690. The van der Waals surface area contributed by atoms with Crippen LogP contribution in [0.25, 0.3) is 5.65 Å². The van der Waals surface area contributed by atoms with Gasteiger partial charge in [0.05, 0.1) is 0 Å². The van der Waals surface area contributed by atoms with E-state index in [-0.39, 0.29) is 5.69 Å². The first kappa shape index (κ1) is 6.90. The van der Waals surface area contributed by atoms with Gasteiger partial charge in [0, 0.05) is 25.5 Å². The Morgan fingerprint density at radius 1 is 1.58 bits per heavy atom. The monoisotopic (exact) mass is 165 g/mol. The fourth-order valence-electron chi connectivity index (χ4n) is 1.10. The molecule has 1 N–H and O–H groups in total. The Hall–Kier alpha value is -1.78. The maximum Gasteiger partial charge on any atom is 0.356 e. The highest BCUT2D eigenvalue weighted by molar-refractivity contribution is 5.86. The molecular formula is C7H7N3O2. The van der Waals surface area contributed by atoms with E-state index in [1.807, 2.05) is 13.2 Å². The standard InChI is InChI=1S/C7H7N3O2/c1-9-2-3-10-6(9)4-5(8-10)7(11)12/h2-4H,1H3,(H,11,12). The van der Waals surface area contributed by atoms with Gasteiger partial charge in [-0.1, -0.05) is 0 Å². The maximum absolute atomic E-state index is 10.5. The number of rotatable bonds is 1. The molecule has 0 atom stereocenters. The van der Waals surface area contributed by atoms with Crippen LogP contribution >= 0.6 is 0 Å². The van der Waals surface area contributed by atoms with E-state index >= 15 is 0 Å². The number of carboxylic acid groups (broad SMARTS) is 1. The zero-order valence-corrected chi connectivity index (χ0v) is 6.43. The molecule has 2 aromatic rings. The molecule has 0 saturated carbocycles. The van der Waals surface area contributed by atoms with Crippen molar-refractivity contribution < 1.29 is 9.90 Å². The largest absolute Gasteiger partial charge is 0.476 e. The van der Waals surface area contributed by atoms with Gasteiger partial charge in [-0.2, -0.15) is 5.10 Å². The second-order valence-corrected chi connectivity index (χ2v) is 2.55. The number of nitrogens with zero attached hydrogens (tertiary/aromatic N) is 3. The summed E-state index contributed by atoms with van der Waals surface area (Å²) in [5.74, 6) is -1.00. The summed E-state index contributed by atoms with van der Waals surface area (Å²) in [6, 6.07) is 1.53. The van der Waals surface area contributed by atoms with Crippen LogP contribution in [0.4, 0.5) is 0 Å². The lowest BCUT2D eigenvalue weighted by Crippen LogP contribution is -1.96. The van der Waals surface area contributed by atoms with E-state index < -0.39 is 5.97 Å². The van der Waals surface area contributed by atoms with Crippen molar-refractivity contribution in [2.75, 3.05) is 0 Å². The van der Waals surface area contributed by atoms with Crippen LogP contribution in [0, 0.1) is 0 Å². The van der Waals surface area contributed by atoms with Gasteiger partial charge in [-0.05, 0) is 0 Å². The molecule has 2 aromatic heterocycles. The molecule has 0 spiro atoms. The van der Waals surface area contributed by atoms with Gasteiger partial charge in [0.15, 0.2) is 5.69 Å². The molecule has 0 aliphatic heterocycles. The molecule has 0 bridgehead atoms. The summed E-state index contributed by atoms with van der Waals surface area (Å²) in [7, 11) is 1.84. The van der Waals surface area contributed by atoms with Gasteiger partial charge < -0.3 is 9.67 Å². The zero-order chi connectivity index (χ0) is 8.72. The molecule has 62 valence electrons. The number of hydrogen-bond donors (Lipinski definition) is 1. The third-order valence-electron chi connectivity index (χ3n) is 1.73. The molecular weight excluding hydrogens is 158 g/mol. The van der Waals surface area contributed by atoms with Crippen molar-refractivity contribution in [3.63, 3.8) is 0 Å². The van der Waals surface area contributed by atoms with E-state index in [0.717, 1.165) is 5.65 Å². The summed E-state index contributed by atoms with van der Waals surface area (Å²) in [5.41, 5.74) is 0.841. The van der Waals surface area contributed by atoms with Gasteiger partial charge in [0.2, 0.25) is 0 Å². The van der Waals surface area contributed by atoms with E-state index in [0.29, 0.717) is 0 Å². The Morgan fingerprint density at radius 2 is 2.33 bits per heavy atom.